The zero-order chi connectivity index (χ0) is 21.5. The van der Waals surface area contributed by atoms with E-state index in [1.165, 1.54) is 30.1 Å². The first-order valence-corrected chi connectivity index (χ1v) is 10.3. The van der Waals surface area contributed by atoms with E-state index in [0.717, 1.165) is 0 Å². The van der Waals surface area contributed by atoms with Crippen molar-refractivity contribution in [2.24, 2.45) is 0 Å². The molecular formula is C19H18N6O4S. The van der Waals surface area contributed by atoms with E-state index in [-0.39, 0.29) is 22.2 Å². The Labute approximate surface area is 171 Å². The number of H-pyrrole nitrogens is 1. The number of aromatic nitrogens is 5. The number of ether oxygens (including phenoxy) is 1. The Morgan fingerprint density at radius 1 is 1.07 bits per heavy atom. The maximum absolute atomic E-state index is 12.7. The molecule has 4 aromatic rings. The van der Waals surface area contributed by atoms with E-state index >= 15 is 0 Å². The summed E-state index contributed by atoms with van der Waals surface area (Å²) < 4.78 is 34.4. The first kappa shape index (κ1) is 19.6. The minimum atomic E-state index is -3.92. The summed E-state index contributed by atoms with van der Waals surface area (Å²) in [6, 6.07) is 5.07. The average molecular weight is 426 g/mol. The van der Waals surface area contributed by atoms with E-state index in [4.69, 9.17) is 4.74 Å². The van der Waals surface area contributed by atoms with Gasteiger partial charge in [-0.15, -0.1) is 0 Å². The van der Waals surface area contributed by atoms with Crippen molar-refractivity contribution in [2.75, 3.05) is 11.8 Å². The van der Waals surface area contributed by atoms with Gasteiger partial charge < -0.3 is 9.72 Å². The summed E-state index contributed by atoms with van der Waals surface area (Å²) in [4.78, 5) is 27.4. The summed E-state index contributed by atoms with van der Waals surface area (Å²) in [5.74, 6) is 0.578. The second kappa shape index (κ2) is 7.26. The van der Waals surface area contributed by atoms with Crippen molar-refractivity contribution in [3.63, 3.8) is 0 Å². The Morgan fingerprint density at radius 2 is 1.87 bits per heavy atom. The van der Waals surface area contributed by atoms with Gasteiger partial charge in [0, 0.05) is 35.3 Å². The van der Waals surface area contributed by atoms with Crippen molar-refractivity contribution in [1.29, 1.82) is 0 Å². The summed E-state index contributed by atoms with van der Waals surface area (Å²) in [6.45, 7) is 3.34. The van der Waals surface area contributed by atoms with Crippen LogP contribution < -0.4 is 15.0 Å². The molecule has 4 heterocycles. The molecule has 30 heavy (non-hydrogen) atoms. The number of pyridine rings is 2. The van der Waals surface area contributed by atoms with Gasteiger partial charge in [0.25, 0.3) is 15.6 Å². The molecular weight excluding hydrogens is 408 g/mol. The summed E-state index contributed by atoms with van der Waals surface area (Å²) in [7, 11) is -2.53. The largest absolute Gasteiger partial charge is 0.480 e. The van der Waals surface area contributed by atoms with Gasteiger partial charge in [0.1, 0.15) is 17.2 Å². The Hall–Kier alpha value is -3.73. The van der Waals surface area contributed by atoms with Crippen molar-refractivity contribution in [3.8, 4) is 17.0 Å². The number of rotatable bonds is 5. The number of aromatic amines is 1. The molecule has 0 saturated carbocycles. The van der Waals surface area contributed by atoms with Gasteiger partial charge in [0.15, 0.2) is 5.03 Å². The summed E-state index contributed by atoms with van der Waals surface area (Å²) >= 11 is 0. The van der Waals surface area contributed by atoms with Gasteiger partial charge in [-0.1, -0.05) is 0 Å². The van der Waals surface area contributed by atoms with Crippen LogP contribution in [0, 0.1) is 13.8 Å². The van der Waals surface area contributed by atoms with E-state index in [9.17, 15) is 13.2 Å². The van der Waals surface area contributed by atoms with Crippen LogP contribution in [0.5, 0.6) is 5.88 Å². The van der Waals surface area contributed by atoms with Gasteiger partial charge in [-0.25, -0.2) is 15.0 Å². The van der Waals surface area contributed by atoms with E-state index in [2.05, 4.69) is 24.7 Å². The molecule has 0 spiro atoms. The number of hydrogen-bond donors (Lipinski definition) is 2. The van der Waals surface area contributed by atoms with Gasteiger partial charge in [-0.05, 0) is 32.0 Å². The minimum Gasteiger partial charge on any atom is -0.480 e. The molecule has 0 bridgehead atoms. The van der Waals surface area contributed by atoms with E-state index in [1.54, 1.807) is 38.2 Å². The van der Waals surface area contributed by atoms with Gasteiger partial charge in [-0.2, -0.15) is 8.42 Å². The third-order valence-electron chi connectivity index (χ3n) is 4.46. The third-order valence-corrected chi connectivity index (χ3v) is 5.74. The first-order valence-electron chi connectivity index (χ1n) is 8.85. The van der Waals surface area contributed by atoms with Crippen molar-refractivity contribution in [3.05, 3.63) is 64.7 Å². The molecule has 0 aliphatic rings. The molecule has 0 aliphatic heterocycles. The molecule has 10 nitrogen and oxygen atoms in total. The smallest absolute Gasteiger partial charge is 0.279 e. The number of fused-ring (bicyclic) bond motifs is 1. The second-order valence-corrected chi connectivity index (χ2v) is 8.26. The molecule has 2 N–H and O–H groups in total. The number of hydrogen-bond acceptors (Lipinski definition) is 7. The Kier molecular flexibility index (Phi) is 4.74. The van der Waals surface area contributed by atoms with Gasteiger partial charge in [-0.3, -0.25) is 13.9 Å². The molecule has 0 aliphatic carbocycles. The predicted molar refractivity (Wildman–Crippen MR) is 110 cm³/mol. The molecule has 11 heteroatoms. The topological polar surface area (TPSA) is 131 Å². The summed E-state index contributed by atoms with van der Waals surface area (Å²) in [6.07, 6.45) is 5.92. The molecule has 0 unspecified atom stereocenters. The van der Waals surface area contributed by atoms with Crippen LogP contribution >= 0.6 is 0 Å². The van der Waals surface area contributed by atoms with Crippen LogP contribution in [0.25, 0.3) is 16.8 Å². The number of sulfonamides is 1. The van der Waals surface area contributed by atoms with Crippen LogP contribution in [-0.2, 0) is 10.0 Å². The number of nitrogens with zero attached hydrogens (tertiary/aromatic N) is 4. The highest BCUT2D eigenvalue weighted by atomic mass is 32.2. The first-order chi connectivity index (χ1) is 14.3. The normalized spacial score (nSPS) is 11.6. The molecule has 0 fully saturated rings. The number of imidazole rings is 1. The second-order valence-electron chi connectivity index (χ2n) is 6.61. The quantitative estimate of drug-likeness (QED) is 0.498. The predicted octanol–water partition coefficient (Wildman–Crippen LogP) is 1.91. The van der Waals surface area contributed by atoms with Crippen molar-refractivity contribution >= 4 is 21.4 Å². The van der Waals surface area contributed by atoms with E-state index in [1.807, 2.05) is 0 Å². The van der Waals surface area contributed by atoms with Crippen LogP contribution in [0.2, 0.25) is 0 Å². The maximum atomic E-state index is 12.7. The molecule has 154 valence electrons. The molecule has 0 amide bonds. The average Bonchev–Trinajstić information content (AvgIpc) is 3.18. The zero-order valence-corrected chi connectivity index (χ0v) is 17.2. The SMILES string of the molecule is COc1ncc(-c2ccc3ncc(C)c(=O)n3c2)cc1NS(=O)(=O)c1cnc(C)[nH]1. The summed E-state index contributed by atoms with van der Waals surface area (Å²) in [5.41, 5.74) is 2.23. The fraction of sp³-hybridized carbons (Fsp3) is 0.158. The Morgan fingerprint density at radius 3 is 2.57 bits per heavy atom. The van der Waals surface area contributed by atoms with Gasteiger partial charge >= 0.3 is 0 Å². The van der Waals surface area contributed by atoms with Crippen molar-refractivity contribution < 1.29 is 13.2 Å². The van der Waals surface area contributed by atoms with Crippen molar-refractivity contribution in [2.45, 2.75) is 18.9 Å². The lowest BCUT2D eigenvalue weighted by Crippen LogP contribution is -2.17. The fourth-order valence-corrected chi connectivity index (χ4v) is 3.94. The highest BCUT2D eigenvalue weighted by Crippen LogP contribution is 2.29. The van der Waals surface area contributed by atoms with Gasteiger partial charge in [0.2, 0.25) is 5.88 Å². The molecule has 4 aromatic heterocycles. The van der Waals surface area contributed by atoms with Crippen molar-refractivity contribution in [1.82, 2.24) is 24.3 Å². The van der Waals surface area contributed by atoms with E-state index < -0.39 is 10.0 Å². The molecule has 0 saturated heterocycles. The van der Waals surface area contributed by atoms with Gasteiger partial charge in [0.05, 0.1) is 13.3 Å². The van der Waals surface area contributed by atoms with Crippen LogP contribution in [0.4, 0.5) is 5.69 Å². The lowest BCUT2D eigenvalue weighted by atomic mass is 10.1. The monoisotopic (exact) mass is 426 g/mol. The number of anilines is 1. The Balaban J connectivity index is 1.79. The highest BCUT2D eigenvalue weighted by Gasteiger charge is 2.20. The van der Waals surface area contributed by atoms with Crippen LogP contribution in [0.1, 0.15) is 11.4 Å². The number of aryl methyl sites for hydroxylation is 2. The fourth-order valence-electron chi connectivity index (χ4n) is 2.92. The molecule has 4 rings (SSSR count). The standard InChI is InChI=1S/C19H18N6O4S/c1-11-7-21-16-5-4-13(10-25(16)19(11)26)14-6-15(18(29-3)22-8-14)24-30(27,28)17-9-20-12(2)23-17/h4-10,24H,1-3H3,(H,20,23). The van der Waals surface area contributed by atoms with Crippen LogP contribution in [0.15, 0.2) is 52.8 Å². The zero-order valence-electron chi connectivity index (χ0n) is 16.4. The minimum absolute atomic E-state index is 0.0775. The highest BCUT2D eigenvalue weighted by molar-refractivity contribution is 7.92. The number of nitrogens with one attached hydrogen (secondary N) is 2. The summed E-state index contributed by atoms with van der Waals surface area (Å²) in [5, 5.41) is -0.0775. The third kappa shape index (κ3) is 3.50. The molecule has 0 radical (unpaired) electrons. The molecule has 0 atom stereocenters. The number of methoxy groups -OCH3 is 1. The molecule has 0 aromatic carbocycles. The maximum Gasteiger partial charge on any atom is 0.279 e. The van der Waals surface area contributed by atoms with Crippen LogP contribution in [-0.4, -0.2) is 39.9 Å². The van der Waals surface area contributed by atoms with E-state index in [0.29, 0.717) is 28.2 Å². The lowest BCUT2D eigenvalue weighted by molar-refractivity contribution is 0.400. The Bertz CT molecular complexity index is 1420. The lowest BCUT2D eigenvalue weighted by Gasteiger charge is -2.12. The van der Waals surface area contributed by atoms with Crippen LogP contribution in [0.3, 0.4) is 0 Å².